The van der Waals surface area contributed by atoms with Crippen molar-refractivity contribution in [2.45, 2.75) is 45.6 Å². The third-order valence-corrected chi connectivity index (χ3v) is 2.96. The van der Waals surface area contributed by atoms with E-state index in [9.17, 15) is 9.59 Å². The average Bonchev–Trinajstić information content (AvgIpc) is 2.89. The van der Waals surface area contributed by atoms with Crippen molar-refractivity contribution in [3.05, 3.63) is 0 Å². The molecule has 0 radical (unpaired) electrons. The number of aliphatic carboxylic acids is 1. The summed E-state index contributed by atoms with van der Waals surface area (Å²) in [6, 6.07) is 0. The first-order valence-corrected chi connectivity index (χ1v) is 5.94. The van der Waals surface area contributed by atoms with Crippen molar-refractivity contribution in [3.8, 4) is 0 Å². The highest BCUT2D eigenvalue weighted by atomic mass is 16.4. The van der Waals surface area contributed by atoms with Crippen LogP contribution in [0.3, 0.4) is 0 Å². The van der Waals surface area contributed by atoms with Gasteiger partial charge in [0.1, 0.15) is 0 Å². The molecular weight excluding hydrogens is 220 g/mol. The van der Waals surface area contributed by atoms with E-state index in [4.69, 9.17) is 10.8 Å². The van der Waals surface area contributed by atoms with Crippen LogP contribution in [0.2, 0.25) is 0 Å². The summed E-state index contributed by atoms with van der Waals surface area (Å²) in [6.45, 7) is 6.10. The van der Waals surface area contributed by atoms with E-state index in [2.05, 4.69) is 5.32 Å². The van der Waals surface area contributed by atoms with Crippen LogP contribution in [0, 0.1) is 11.3 Å². The predicted octanol–water partition coefficient (Wildman–Crippen LogP) is 0.731. The van der Waals surface area contributed by atoms with E-state index >= 15 is 0 Å². The molecule has 4 N–H and O–H groups in total. The highest BCUT2D eigenvalue weighted by Gasteiger charge is 2.46. The topological polar surface area (TPSA) is 92.4 Å². The molecule has 0 aliphatic heterocycles. The lowest BCUT2D eigenvalue weighted by Gasteiger charge is -2.23. The summed E-state index contributed by atoms with van der Waals surface area (Å²) in [4.78, 5) is 22.7. The number of carboxylic acid groups (broad SMARTS) is 1. The largest absolute Gasteiger partial charge is 0.481 e. The fraction of sp³-hybridized carbons (Fsp3) is 0.833. The first-order chi connectivity index (χ1) is 7.64. The van der Waals surface area contributed by atoms with Gasteiger partial charge in [0.2, 0.25) is 5.91 Å². The molecule has 0 aromatic rings. The second kappa shape index (κ2) is 4.64. The Bertz CT molecular complexity index is 316. The number of hydrogen-bond acceptors (Lipinski definition) is 3. The van der Waals surface area contributed by atoms with Crippen molar-refractivity contribution in [3.63, 3.8) is 0 Å². The summed E-state index contributed by atoms with van der Waals surface area (Å²) in [5, 5.41) is 11.7. The van der Waals surface area contributed by atoms with Gasteiger partial charge < -0.3 is 16.2 Å². The molecule has 1 aliphatic carbocycles. The smallest absolute Gasteiger partial charge is 0.308 e. The van der Waals surface area contributed by atoms with Gasteiger partial charge in [-0.1, -0.05) is 20.8 Å². The number of hydrogen-bond donors (Lipinski definition) is 3. The van der Waals surface area contributed by atoms with Gasteiger partial charge >= 0.3 is 5.97 Å². The normalized spacial score (nSPS) is 19.5. The van der Waals surface area contributed by atoms with E-state index in [1.807, 2.05) is 20.8 Å². The zero-order valence-corrected chi connectivity index (χ0v) is 10.7. The van der Waals surface area contributed by atoms with Crippen LogP contribution in [0.5, 0.6) is 0 Å². The Kier molecular flexibility index (Phi) is 3.81. The van der Waals surface area contributed by atoms with Crippen molar-refractivity contribution >= 4 is 11.9 Å². The van der Waals surface area contributed by atoms with E-state index in [1.165, 1.54) is 0 Å². The molecule has 1 aliphatic rings. The summed E-state index contributed by atoms with van der Waals surface area (Å²) in [5.74, 6) is -1.65. The Hall–Kier alpha value is -1.10. The van der Waals surface area contributed by atoms with Gasteiger partial charge in [-0.05, 0) is 24.7 Å². The number of rotatable bonds is 5. The molecule has 1 rings (SSSR count). The van der Waals surface area contributed by atoms with Crippen LogP contribution in [-0.2, 0) is 9.59 Å². The summed E-state index contributed by atoms with van der Waals surface area (Å²) in [6.07, 6.45) is 1.91. The van der Waals surface area contributed by atoms with E-state index in [-0.39, 0.29) is 17.9 Å². The number of amides is 1. The Balaban J connectivity index is 2.45. The number of nitrogens with two attached hydrogens (primary N) is 1. The molecule has 1 fully saturated rings. The maximum atomic E-state index is 11.6. The number of nitrogens with one attached hydrogen (secondary N) is 1. The van der Waals surface area contributed by atoms with Crippen molar-refractivity contribution in [1.82, 2.24) is 5.32 Å². The lowest BCUT2D eigenvalue weighted by atomic mass is 9.84. The lowest BCUT2D eigenvalue weighted by molar-refractivity contribution is -0.142. The summed E-state index contributed by atoms with van der Waals surface area (Å²) < 4.78 is 0. The van der Waals surface area contributed by atoms with Crippen LogP contribution < -0.4 is 11.1 Å². The zero-order chi connectivity index (χ0) is 13.3. The SMILES string of the molecule is CC(C)(C)CC(CNC(=O)C1(N)CC1)C(=O)O. The van der Waals surface area contributed by atoms with Crippen molar-refractivity contribution in [1.29, 1.82) is 0 Å². The fourth-order valence-electron chi connectivity index (χ4n) is 1.74. The molecule has 17 heavy (non-hydrogen) atoms. The fourth-order valence-corrected chi connectivity index (χ4v) is 1.74. The first-order valence-electron chi connectivity index (χ1n) is 5.94. The van der Waals surface area contributed by atoms with Crippen molar-refractivity contribution in [2.24, 2.45) is 17.1 Å². The molecule has 1 amide bonds. The standard InChI is InChI=1S/C12H22N2O3/c1-11(2,3)6-8(9(15)16)7-14-10(17)12(13)4-5-12/h8H,4-7,13H2,1-3H3,(H,14,17)(H,15,16). The maximum Gasteiger partial charge on any atom is 0.308 e. The van der Waals surface area contributed by atoms with Gasteiger partial charge in [0.15, 0.2) is 0 Å². The summed E-state index contributed by atoms with van der Waals surface area (Å²) in [5.41, 5.74) is 4.91. The molecule has 0 spiro atoms. The molecule has 1 saturated carbocycles. The Morgan fingerprint density at radius 3 is 2.29 bits per heavy atom. The van der Waals surface area contributed by atoms with Crippen LogP contribution in [0.25, 0.3) is 0 Å². The lowest BCUT2D eigenvalue weighted by Crippen LogP contribution is -2.45. The minimum atomic E-state index is -0.873. The molecule has 98 valence electrons. The zero-order valence-electron chi connectivity index (χ0n) is 10.7. The minimum Gasteiger partial charge on any atom is -0.481 e. The monoisotopic (exact) mass is 242 g/mol. The Labute approximate surface area is 102 Å². The van der Waals surface area contributed by atoms with Crippen molar-refractivity contribution in [2.75, 3.05) is 6.54 Å². The first kappa shape index (κ1) is 14.0. The van der Waals surface area contributed by atoms with Gasteiger partial charge in [-0.2, -0.15) is 0 Å². The van der Waals surface area contributed by atoms with Gasteiger partial charge in [0.05, 0.1) is 11.5 Å². The van der Waals surface area contributed by atoms with Crippen LogP contribution in [0.4, 0.5) is 0 Å². The van der Waals surface area contributed by atoms with Gasteiger partial charge in [0.25, 0.3) is 0 Å². The van der Waals surface area contributed by atoms with Gasteiger partial charge in [-0.3, -0.25) is 9.59 Å². The Morgan fingerprint density at radius 1 is 1.41 bits per heavy atom. The minimum absolute atomic E-state index is 0.0756. The summed E-state index contributed by atoms with van der Waals surface area (Å²) >= 11 is 0. The van der Waals surface area contributed by atoms with E-state index in [1.54, 1.807) is 0 Å². The number of carboxylic acids is 1. The molecule has 5 nitrogen and oxygen atoms in total. The molecular formula is C12H22N2O3. The highest BCUT2D eigenvalue weighted by molar-refractivity contribution is 5.89. The van der Waals surface area contributed by atoms with E-state index in [0.29, 0.717) is 19.3 Å². The third-order valence-electron chi connectivity index (χ3n) is 2.96. The van der Waals surface area contributed by atoms with Gasteiger partial charge in [-0.15, -0.1) is 0 Å². The molecule has 5 heteroatoms. The maximum absolute atomic E-state index is 11.6. The third kappa shape index (κ3) is 4.34. The predicted molar refractivity (Wildman–Crippen MR) is 64.4 cm³/mol. The molecule has 0 saturated heterocycles. The summed E-state index contributed by atoms with van der Waals surface area (Å²) in [7, 11) is 0. The molecule has 0 aromatic carbocycles. The quantitative estimate of drug-likeness (QED) is 0.662. The molecule has 1 atom stereocenters. The van der Waals surface area contributed by atoms with Crippen molar-refractivity contribution < 1.29 is 14.7 Å². The van der Waals surface area contributed by atoms with Crippen LogP contribution in [0.1, 0.15) is 40.0 Å². The van der Waals surface area contributed by atoms with E-state index < -0.39 is 17.4 Å². The average molecular weight is 242 g/mol. The van der Waals surface area contributed by atoms with Crippen LogP contribution in [0.15, 0.2) is 0 Å². The van der Waals surface area contributed by atoms with Gasteiger partial charge in [0, 0.05) is 6.54 Å². The molecule has 1 unspecified atom stereocenters. The number of carbonyl (C=O) groups excluding carboxylic acids is 1. The molecule has 0 aromatic heterocycles. The van der Waals surface area contributed by atoms with Crippen LogP contribution >= 0.6 is 0 Å². The molecule has 0 heterocycles. The second-order valence-corrected chi connectivity index (χ2v) is 6.17. The van der Waals surface area contributed by atoms with Crippen LogP contribution in [-0.4, -0.2) is 29.1 Å². The molecule has 0 bridgehead atoms. The number of carbonyl (C=O) groups is 2. The highest BCUT2D eigenvalue weighted by Crippen LogP contribution is 2.32. The van der Waals surface area contributed by atoms with E-state index in [0.717, 1.165) is 0 Å². The Morgan fingerprint density at radius 2 is 1.94 bits per heavy atom. The second-order valence-electron chi connectivity index (χ2n) is 6.17. The van der Waals surface area contributed by atoms with Gasteiger partial charge in [-0.25, -0.2) is 0 Å².